The van der Waals surface area contributed by atoms with Crippen LogP contribution in [0, 0.1) is 6.92 Å². The van der Waals surface area contributed by atoms with Crippen LogP contribution in [0.25, 0.3) is 0 Å². The number of aryl methyl sites for hydroxylation is 1. The summed E-state index contributed by atoms with van der Waals surface area (Å²) in [6.45, 7) is 5.76. The van der Waals surface area contributed by atoms with Crippen LogP contribution in [-0.4, -0.2) is 13.2 Å². The summed E-state index contributed by atoms with van der Waals surface area (Å²) in [6, 6.07) is 16.7. The molecule has 100 valence electrons. The molecule has 0 bridgehead atoms. The number of hydrogen-bond acceptors (Lipinski definition) is 2. The molecule has 0 amide bonds. The predicted molar refractivity (Wildman–Crippen MR) is 81.0 cm³/mol. The van der Waals surface area contributed by atoms with Gasteiger partial charge in [-0.3, -0.25) is 0 Å². The first-order valence-corrected chi connectivity index (χ1v) is 6.81. The summed E-state index contributed by atoms with van der Waals surface area (Å²) in [4.78, 5) is 0. The van der Waals surface area contributed by atoms with Crippen molar-refractivity contribution in [2.24, 2.45) is 0 Å². The van der Waals surface area contributed by atoms with E-state index in [-0.39, 0.29) is 0 Å². The molecule has 0 heterocycles. The molecule has 0 spiro atoms. The highest BCUT2D eigenvalue weighted by Gasteiger charge is 2.00. The number of anilines is 1. The maximum atomic E-state index is 5.49. The maximum Gasteiger partial charge on any atom is 0.119 e. The first-order chi connectivity index (χ1) is 9.29. The van der Waals surface area contributed by atoms with Gasteiger partial charge in [-0.2, -0.15) is 0 Å². The minimum atomic E-state index is 0.709. The molecule has 0 atom stereocenters. The molecule has 0 unspecified atom stereocenters. The second kappa shape index (κ2) is 6.83. The van der Waals surface area contributed by atoms with Crippen molar-refractivity contribution in [1.29, 1.82) is 0 Å². The van der Waals surface area contributed by atoms with Gasteiger partial charge in [0.15, 0.2) is 0 Å². The average molecular weight is 255 g/mol. The third-order valence-electron chi connectivity index (χ3n) is 3.08. The summed E-state index contributed by atoms with van der Waals surface area (Å²) in [7, 11) is 0. The van der Waals surface area contributed by atoms with Crippen LogP contribution in [0.2, 0.25) is 0 Å². The van der Waals surface area contributed by atoms with Gasteiger partial charge in [-0.15, -0.1) is 0 Å². The Bertz CT molecular complexity index is 508. The summed E-state index contributed by atoms with van der Waals surface area (Å²) >= 11 is 0. The molecule has 2 rings (SSSR count). The van der Waals surface area contributed by atoms with Crippen molar-refractivity contribution in [3.8, 4) is 5.75 Å². The predicted octanol–water partition coefficient (Wildman–Crippen LogP) is 4.05. The minimum absolute atomic E-state index is 0.709. The molecule has 1 N–H and O–H groups in total. The fourth-order valence-corrected chi connectivity index (χ4v) is 2.08. The van der Waals surface area contributed by atoms with Crippen LogP contribution >= 0.6 is 0 Å². The Kier molecular flexibility index (Phi) is 4.85. The molecule has 0 aromatic heterocycles. The summed E-state index contributed by atoms with van der Waals surface area (Å²) in [5.41, 5.74) is 3.76. The summed E-state index contributed by atoms with van der Waals surface area (Å²) in [6.07, 6.45) is 1.04. The van der Waals surface area contributed by atoms with Crippen molar-refractivity contribution in [2.75, 3.05) is 18.5 Å². The molecule has 0 radical (unpaired) electrons. The first-order valence-electron chi connectivity index (χ1n) is 6.81. The molecule has 0 saturated heterocycles. The van der Waals surface area contributed by atoms with Crippen molar-refractivity contribution in [2.45, 2.75) is 20.3 Å². The van der Waals surface area contributed by atoms with Crippen LogP contribution in [0.1, 0.15) is 18.1 Å². The zero-order chi connectivity index (χ0) is 13.5. The van der Waals surface area contributed by atoms with Crippen molar-refractivity contribution < 1.29 is 4.74 Å². The highest BCUT2D eigenvalue weighted by atomic mass is 16.5. The normalized spacial score (nSPS) is 10.2. The van der Waals surface area contributed by atoms with Gasteiger partial charge < -0.3 is 10.1 Å². The van der Waals surface area contributed by atoms with Gasteiger partial charge >= 0.3 is 0 Å². The third kappa shape index (κ3) is 4.02. The van der Waals surface area contributed by atoms with Gasteiger partial charge in [-0.25, -0.2) is 0 Å². The quantitative estimate of drug-likeness (QED) is 0.841. The van der Waals surface area contributed by atoms with Gasteiger partial charge in [0.05, 0.1) is 6.61 Å². The molecular weight excluding hydrogens is 234 g/mol. The lowest BCUT2D eigenvalue weighted by molar-refractivity contribution is 0.340. The van der Waals surface area contributed by atoms with E-state index in [0.717, 1.165) is 18.7 Å². The molecular formula is C17H21NO. The van der Waals surface area contributed by atoms with E-state index in [1.807, 2.05) is 19.1 Å². The Balaban J connectivity index is 1.89. The van der Waals surface area contributed by atoms with Crippen molar-refractivity contribution >= 4 is 5.69 Å². The minimum Gasteiger partial charge on any atom is -0.494 e. The molecule has 0 fully saturated rings. The monoisotopic (exact) mass is 255 g/mol. The smallest absolute Gasteiger partial charge is 0.119 e. The van der Waals surface area contributed by atoms with Crippen molar-refractivity contribution in [1.82, 2.24) is 0 Å². The fourth-order valence-electron chi connectivity index (χ4n) is 2.08. The molecule has 0 saturated carbocycles. The largest absolute Gasteiger partial charge is 0.494 e. The molecule has 0 aliphatic rings. The first kappa shape index (κ1) is 13.5. The molecule has 2 aromatic carbocycles. The van der Waals surface area contributed by atoms with Gasteiger partial charge in [0.2, 0.25) is 0 Å². The lowest BCUT2D eigenvalue weighted by atomic mass is 10.1. The van der Waals surface area contributed by atoms with Crippen LogP contribution in [-0.2, 0) is 6.42 Å². The van der Waals surface area contributed by atoms with Gasteiger partial charge in [-0.05, 0) is 49.6 Å². The van der Waals surface area contributed by atoms with E-state index in [1.165, 1.54) is 16.8 Å². The van der Waals surface area contributed by atoms with Gasteiger partial charge in [0.1, 0.15) is 5.75 Å². The molecule has 0 aliphatic carbocycles. The number of ether oxygens (including phenoxy) is 1. The third-order valence-corrected chi connectivity index (χ3v) is 3.08. The summed E-state index contributed by atoms with van der Waals surface area (Å²) in [5, 5.41) is 3.48. The van der Waals surface area contributed by atoms with E-state index in [2.05, 4.69) is 48.6 Å². The van der Waals surface area contributed by atoms with Crippen LogP contribution < -0.4 is 10.1 Å². The lowest BCUT2D eigenvalue weighted by Crippen LogP contribution is -2.06. The van der Waals surface area contributed by atoms with Crippen LogP contribution in [0.15, 0.2) is 48.5 Å². The number of benzene rings is 2. The zero-order valence-electron chi connectivity index (χ0n) is 11.6. The Morgan fingerprint density at radius 3 is 2.53 bits per heavy atom. The number of hydrogen-bond donors (Lipinski definition) is 1. The van der Waals surface area contributed by atoms with E-state index in [9.17, 15) is 0 Å². The van der Waals surface area contributed by atoms with E-state index < -0.39 is 0 Å². The molecule has 2 aromatic rings. The Labute approximate surface area is 115 Å². The van der Waals surface area contributed by atoms with Crippen LogP contribution in [0.4, 0.5) is 5.69 Å². The zero-order valence-corrected chi connectivity index (χ0v) is 11.6. The van der Waals surface area contributed by atoms with Gasteiger partial charge in [0.25, 0.3) is 0 Å². The molecule has 19 heavy (non-hydrogen) atoms. The molecule has 0 aliphatic heterocycles. The van der Waals surface area contributed by atoms with Gasteiger partial charge in [-0.1, -0.05) is 30.3 Å². The Morgan fingerprint density at radius 2 is 1.84 bits per heavy atom. The number of rotatable bonds is 6. The summed E-state index contributed by atoms with van der Waals surface area (Å²) < 4.78 is 5.49. The van der Waals surface area contributed by atoms with E-state index >= 15 is 0 Å². The average Bonchev–Trinajstić information content (AvgIpc) is 2.43. The molecule has 2 nitrogen and oxygen atoms in total. The second-order valence-corrected chi connectivity index (χ2v) is 4.57. The lowest BCUT2D eigenvalue weighted by Gasteiger charge is -2.11. The Morgan fingerprint density at radius 1 is 1.05 bits per heavy atom. The van der Waals surface area contributed by atoms with Crippen LogP contribution in [0.5, 0.6) is 5.75 Å². The fraction of sp³-hybridized carbons (Fsp3) is 0.294. The van der Waals surface area contributed by atoms with E-state index in [1.54, 1.807) is 0 Å². The van der Waals surface area contributed by atoms with Crippen LogP contribution in [0.3, 0.4) is 0 Å². The highest BCUT2D eigenvalue weighted by molar-refractivity contribution is 5.53. The number of nitrogens with one attached hydrogen (secondary N) is 1. The highest BCUT2D eigenvalue weighted by Crippen LogP contribution is 2.21. The molecule has 2 heteroatoms. The van der Waals surface area contributed by atoms with Crippen molar-refractivity contribution in [3.05, 3.63) is 59.7 Å². The van der Waals surface area contributed by atoms with Gasteiger partial charge in [0, 0.05) is 12.2 Å². The summed E-state index contributed by atoms with van der Waals surface area (Å²) in [5.74, 6) is 0.939. The topological polar surface area (TPSA) is 21.3 Å². The van der Waals surface area contributed by atoms with E-state index in [4.69, 9.17) is 4.74 Å². The second-order valence-electron chi connectivity index (χ2n) is 4.57. The SMILES string of the molecule is CCOc1ccc(NCCc2ccccc2)c(C)c1. The van der Waals surface area contributed by atoms with E-state index in [0.29, 0.717) is 6.61 Å². The van der Waals surface area contributed by atoms with Crippen molar-refractivity contribution in [3.63, 3.8) is 0 Å². The standard InChI is InChI=1S/C17H21NO/c1-3-19-16-9-10-17(14(2)13-16)18-12-11-15-7-5-4-6-8-15/h4-10,13,18H,3,11-12H2,1-2H3. The Hall–Kier alpha value is -1.96. The maximum absolute atomic E-state index is 5.49.